The Labute approximate surface area is 115 Å². The largest absolute Gasteiger partial charge is 0.271 e. The van der Waals surface area contributed by atoms with Crippen LogP contribution >= 0.6 is 11.6 Å². The first-order valence-electron chi connectivity index (χ1n) is 5.69. The van der Waals surface area contributed by atoms with Crippen LogP contribution in [0, 0.1) is 18.6 Å². The summed E-state index contributed by atoms with van der Waals surface area (Å²) in [7, 11) is 0. The Hall–Kier alpha value is -1.49. The van der Waals surface area contributed by atoms with Gasteiger partial charge in [-0.1, -0.05) is 23.7 Å². The predicted octanol–water partition coefficient (Wildman–Crippen LogP) is 3.48. The van der Waals surface area contributed by atoms with E-state index in [1.54, 1.807) is 12.1 Å². The predicted molar refractivity (Wildman–Crippen MR) is 71.7 cm³/mol. The Morgan fingerprint density at radius 1 is 1.05 bits per heavy atom. The Balaban J connectivity index is 2.46. The zero-order valence-electron chi connectivity index (χ0n) is 10.3. The standard InChI is InChI=1S/C14H13ClF2N2/c1-8-4-9(2-3-13(8)15)14(19-18)10-5-11(16)7-12(17)6-10/h2-7,14,19H,18H2,1H3. The van der Waals surface area contributed by atoms with E-state index in [1.165, 1.54) is 12.1 Å². The number of benzene rings is 2. The SMILES string of the molecule is Cc1cc(C(NN)c2cc(F)cc(F)c2)ccc1Cl. The highest BCUT2D eigenvalue weighted by Crippen LogP contribution is 2.26. The van der Waals surface area contributed by atoms with Gasteiger partial charge in [-0.2, -0.15) is 0 Å². The highest BCUT2D eigenvalue weighted by molar-refractivity contribution is 6.31. The third kappa shape index (κ3) is 3.10. The van der Waals surface area contributed by atoms with Crippen molar-refractivity contribution in [2.45, 2.75) is 13.0 Å². The molecule has 2 aromatic rings. The van der Waals surface area contributed by atoms with Crippen LogP contribution < -0.4 is 11.3 Å². The van der Waals surface area contributed by atoms with E-state index in [9.17, 15) is 8.78 Å². The van der Waals surface area contributed by atoms with E-state index < -0.39 is 17.7 Å². The Kier molecular flexibility index (Phi) is 4.14. The van der Waals surface area contributed by atoms with Gasteiger partial charge in [-0.25, -0.2) is 14.2 Å². The molecule has 0 aromatic heterocycles. The van der Waals surface area contributed by atoms with Crippen LogP contribution in [-0.2, 0) is 0 Å². The fourth-order valence-electron chi connectivity index (χ4n) is 1.97. The van der Waals surface area contributed by atoms with E-state index in [2.05, 4.69) is 5.43 Å². The van der Waals surface area contributed by atoms with Crippen LogP contribution in [-0.4, -0.2) is 0 Å². The molecule has 2 nitrogen and oxygen atoms in total. The lowest BCUT2D eigenvalue weighted by molar-refractivity contribution is 0.566. The van der Waals surface area contributed by atoms with Gasteiger partial charge in [0.2, 0.25) is 0 Å². The molecule has 0 aliphatic rings. The summed E-state index contributed by atoms with van der Waals surface area (Å²) < 4.78 is 26.5. The molecule has 0 amide bonds. The zero-order valence-corrected chi connectivity index (χ0v) is 11.0. The van der Waals surface area contributed by atoms with Crippen LogP contribution in [0.2, 0.25) is 5.02 Å². The van der Waals surface area contributed by atoms with E-state index in [1.807, 2.05) is 13.0 Å². The van der Waals surface area contributed by atoms with Crippen molar-refractivity contribution in [2.24, 2.45) is 5.84 Å². The third-order valence-electron chi connectivity index (χ3n) is 2.90. The Bertz CT molecular complexity index is 582. The lowest BCUT2D eigenvalue weighted by Crippen LogP contribution is -2.29. The minimum absolute atomic E-state index is 0.418. The van der Waals surface area contributed by atoms with Gasteiger partial charge in [-0.05, 0) is 41.8 Å². The number of hydrazine groups is 1. The van der Waals surface area contributed by atoms with E-state index in [0.29, 0.717) is 10.6 Å². The maximum Gasteiger partial charge on any atom is 0.126 e. The van der Waals surface area contributed by atoms with Crippen molar-refractivity contribution in [2.75, 3.05) is 0 Å². The normalized spacial score (nSPS) is 12.5. The number of aryl methyl sites for hydroxylation is 1. The second kappa shape index (κ2) is 5.65. The fourth-order valence-corrected chi connectivity index (χ4v) is 2.09. The zero-order chi connectivity index (χ0) is 14.0. The Morgan fingerprint density at radius 2 is 1.68 bits per heavy atom. The molecule has 19 heavy (non-hydrogen) atoms. The number of nitrogens with one attached hydrogen (secondary N) is 1. The van der Waals surface area contributed by atoms with Crippen LogP contribution in [0.15, 0.2) is 36.4 Å². The second-order valence-electron chi connectivity index (χ2n) is 4.31. The number of hydrogen-bond acceptors (Lipinski definition) is 2. The number of halogens is 3. The van der Waals surface area contributed by atoms with Gasteiger partial charge in [0.25, 0.3) is 0 Å². The summed E-state index contributed by atoms with van der Waals surface area (Å²) in [4.78, 5) is 0. The second-order valence-corrected chi connectivity index (χ2v) is 4.72. The molecule has 0 aliphatic heterocycles. The molecule has 0 spiro atoms. The van der Waals surface area contributed by atoms with Crippen molar-refractivity contribution in [1.82, 2.24) is 5.43 Å². The van der Waals surface area contributed by atoms with Crippen molar-refractivity contribution in [3.05, 3.63) is 69.7 Å². The van der Waals surface area contributed by atoms with E-state index in [4.69, 9.17) is 17.4 Å². The molecule has 0 heterocycles. The average molecular weight is 283 g/mol. The smallest absolute Gasteiger partial charge is 0.126 e. The van der Waals surface area contributed by atoms with Gasteiger partial charge in [0.05, 0.1) is 6.04 Å². The molecule has 0 aliphatic carbocycles. The van der Waals surface area contributed by atoms with E-state index in [-0.39, 0.29) is 0 Å². The summed E-state index contributed by atoms with van der Waals surface area (Å²) in [5.41, 5.74) is 4.64. The molecule has 0 fully saturated rings. The van der Waals surface area contributed by atoms with Crippen LogP contribution in [0.5, 0.6) is 0 Å². The van der Waals surface area contributed by atoms with E-state index >= 15 is 0 Å². The van der Waals surface area contributed by atoms with Gasteiger partial charge in [-0.15, -0.1) is 0 Å². The molecule has 5 heteroatoms. The van der Waals surface area contributed by atoms with Crippen molar-refractivity contribution < 1.29 is 8.78 Å². The molecular weight excluding hydrogens is 270 g/mol. The van der Waals surface area contributed by atoms with Gasteiger partial charge in [0, 0.05) is 11.1 Å². The minimum Gasteiger partial charge on any atom is -0.271 e. The van der Waals surface area contributed by atoms with Gasteiger partial charge < -0.3 is 0 Å². The Morgan fingerprint density at radius 3 is 2.21 bits per heavy atom. The van der Waals surface area contributed by atoms with Crippen molar-refractivity contribution in [3.8, 4) is 0 Å². The number of rotatable bonds is 3. The molecular formula is C14H13ClF2N2. The molecule has 0 saturated carbocycles. The summed E-state index contributed by atoms with van der Waals surface area (Å²) in [5, 5.41) is 0.630. The first-order chi connectivity index (χ1) is 9.01. The van der Waals surface area contributed by atoms with Gasteiger partial charge in [0.1, 0.15) is 11.6 Å². The monoisotopic (exact) mass is 282 g/mol. The molecule has 2 aromatic carbocycles. The molecule has 1 atom stereocenters. The summed E-state index contributed by atoms with van der Waals surface area (Å²) in [6.07, 6.45) is 0. The summed E-state index contributed by atoms with van der Waals surface area (Å²) in [6, 6.07) is 8.14. The number of hydrogen-bond donors (Lipinski definition) is 2. The first kappa shape index (κ1) is 13.9. The van der Waals surface area contributed by atoms with Crippen LogP contribution in [0.4, 0.5) is 8.78 Å². The fraction of sp³-hybridized carbons (Fsp3) is 0.143. The summed E-state index contributed by atoms with van der Waals surface area (Å²) in [6.45, 7) is 1.85. The molecule has 2 rings (SSSR count). The average Bonchev–Trinajstić information content (AvgIpc) is 2.33. The summed E-state index contributed by atoms with van der Waals surface area (Å²) >= 11 is 5.95. The lowest BCUT2D eigenvalue weighted by Gasteiger charge is -2.18. The summed E-state index contributed by atoms with van der Waals surface area (Å²) in [5.74, 6) is 4.22. The lowest BCUT2D eigenvalue weighted by atomic mass is 9.97. The van der Waals surface area contributed by atoms with Crippen LogP contribution in [0.25, 0.3) is 0 Å². The highest BCUT2D eigenvalue weighted by Gasteiger charge is 2.15. The molecule has 100 valence electrons. The molecule has 3 N–H and O–H groups in total. The quantitative estimate of drug-likeness (QED) is 0.668. The maximum absolute atomic E-state index is 13.3. The highest BCUT2D eigenvalue weighted by atomic mass is 35.5. The topological polar surface area (TPSA) is 38.0 Å². The number of nitrogens with two attached hydrogens (primary N) is 1. The van der Waals surface area contributed by atoms with Crippen LogP contribution in [0.3, 0.4) is 0 Å². The third-order valence-corrected chi connectivity index (χ3v) is 3.32. The molecule has 0 radical (unpaired) electrons. The maximum atomic E-state index is 13.3. The van der Waals surface area contributed by atoms with Gasteiger partial charge in [0.15, 0.2) is 0 Å². The van der Waals surface area contributed by atoms with E-state index in [0.717, 1.165) is 17.2 Å². The first-order valence-corrected chi connectivity index (χ1v) is 6.07. The molecule has 0 bridgehead atoms. The van der Waals surface area contributed by atoms with Gasteiger partial charge in [-0.3, -0.25) is 5.84 Å². The van der Waals surface area contributed by atoms with Crippen LogP contribution in [0.1, 0.15) is 22.7 Å². The van der Waals surface area contributed by atoms with Crippen molar-refractivity contribution in [1.29, 1.82) is 0 Å². The molecule has 0 saturated heterocycles. The van der Waals surface area contributed by atoms with Gasteiger partial charge >= 0.3 is 0 Å². The minimum atomic E-state index is -0.638. The van der Waals surface area contributed by atoms with Crippen molar-refractivity contribution in [3.63, 3.8) is 0 Å². The van der Waals surface area contributed by atoms with Crippen molar-refractivity contribution >= 4 is 11.6 Å². The molecule has 1 unspecified atom stereocenters.